The van der Waals surface area contributed by atoms with Crippen molar-refractivity contribution in [2.24, 2.45) is 0 Å². The molecule has 15 heavy (non-hydrogen) atoms. The average molecular weight is 239 g/mol. The van der Waals surface area contributed by atoms with Gasteiger partial charge in [0.2, 0.25) is 0 Å². The Morgan fingerprint density at radius 3 is 2.80 bits per heavy atom. The fourth-order valence-electron chi connectivity index (χ4n) is 0.932. The number of nitrogens with zero attached hydrogens (tertiary/aromatic N) is 4. The Hall–Kier alpha value is -1.20. The molecular weight excluding hydrogens is 232 g/mol. The first-order valence-corrected chi connectivity index (χ1v) is 5.58. The van der Waals surface area contributed by atoms with E-state index in [1.54, 1.807) is 24.0 Å². The van der Waals surface area contributed by atoms with E-state index < -0.39 is 0 Å². The van der Waals surface area contributed by atoms with E-state index in [0.717, 1.165) is 16.5 Å². The van der Waals surface area contributed by atoms with E-state index in [4.69, 9.17) is 11.6 Å². The number of rotatable bonds is 3. The van der Waals surface area contributed by atoms with Crippen molar-refractivity contribution in [3.8, 4) is 0 Å². The van der Waals surface area contributed by atoms with Crippen LogP contribution < -0.4 is 0 Å². The van der Waals surface area contributed by atoms with E-state index in [9.17, 15) is 0 Å². The normalized spacial score (nSPS) is 10.2. The van der Waals surface area contributed by atoms with Crippen molar-refractivity contribution in [3.05, 3.63) is 41.6 Å². The summed E-state index contributed by atoms with van der Waals surface area (Å²) in [5.74, 6) is 0.723. The monoisotopic (exact) mass is 238 g/mol. The highest BCUT2D eigenvalue weighted by Gasteiger charge is 1.99. The molecule has 2 aromatic heterocycles. The van der Waals surface area contributed by atoms with Crippen molar-refractivity contribution in [3.63, 3.8) is 0 Å². The zero-order chi connectivity index (χ0) is 10.5. The molecule has 0 amide bonds. The molecule has 0 bridgehead atoms. The predicted molar refractivity (Wildman–Crippen MR) is 58.6 cm³/mol. The summed E-state index contributed by atoms with van der Waals surface area (Å²) < 4.78 is 0. The van der Waals surface area contributed by atoms with Crippen molar-refractivity contribution in [1.29, 1.82) is 0 Å². The van der Waals surface area contributed by atoms with Gasteiger partial charge in [-0.3, -0.25) is 0 Å². The van der Waals surface area contributed by atoms with Crippen molar-refractivity contribution in [1.82, 2.24) is 20.2 Å². The smallest absolute Gasteiger partial charge is 0.151 e. The Morgan fingerprint density at radius 2 is 2.13 bits per heavy atom. The molecule has 0 radical (unpaired) electrons. The summed E-state index contributed by atoms with van der Waals surface area (Å²) in [6, 6.07) is 5.43. The lowest BCUT2D eigenvalue weighted by atomic mass is 10.4. The molecule has 0 aliphatic rings. The summed E-state index contributed by atoms with van der Waals surface area (Å²) in [4.78, 5) is 7.93. The van der Waals surface area contributed by atoms with Crippen LogP contribution in [0.5, 0.6) is 0 Å². The fourth-order valence-corrected chi connectivity index (χ4v) is 1.76. The maximum absolute atomic E-state index is 5.63. The minimum absolute atomic E-state index is 0.408. The third-order valence-corrected chi connectivity index (χ3v) is 2.79. The highest BCUT2D eigenvalue weighted by atomic mass is 35.5. The van der Waals surface area contributed by atoms with Crippen LogP contribution in [0.25, 0.3) is 0 Å². The van der Waals surface area contributed by atoms with E-state index in [1.165, 1.54) is 6.33 Å². The minimum atomic E-state index is 0.408. The summed E-state index contributed by atoms with van der Waals surface area (Å²) >= 11 is 7.21. The topological polar surface area (TPSA) is 51.6 Å². The number of hydrogen-bond acceptors (Lipinski definition) is 5. The predicted octanol–water partition coefficient (Wildman–Crippen LogP) is 2.21. The Labute approximate surface area is 96.1 Å². The van der Waals surface area contributed by atoms with Crippen LogP contribution in [-0.4, -0.2) is 20.2 Å². The first kappa shape index (κ1) is 10.3. The Balaban J connectivity index is 1.96. The molecule has 0 saturated heterocycles. The molecule has 4 nitrogen and oxygen atoms in total. The molecule has 2 rings (SSSR count). The molecule has 2 aromatic rings. The fraction of sp³-hybridized carbons (Fsp3) is 0.111. The van der Waals surface area contributed by atoms with Gasteiger partial charge < -0.3 is 0 Å². The van der Waals surface area contributed by atoms with Gasteiger partial charge in [0, 0.05) is 11.9 Å². The number of hydrogen-bond donors (Lipinski definition) is 0. The quantitative estimate of drug-likeness (QED) is 0.606. The molecular formula is C9H7ClN4S. The third-order valence-electron chi connectivity index (χ3n) is 1.61. The first-order chi connectivity index (χ1) is 7.34. The molecule has 6 heteroatoms. The van der Waals surface area contributed by atoms with Gasteiger partial charge in [0.1, 0.15) is 6.33 Å². The van der Waals surface area contributed by atoms with E-state index in [2.05, 4.69) is 20.2 Å². The number of halogens is 1. The molecule has 0 spiro atoms. The summed E-state index contributed by atoms with van der Waals surface area (Å²) in [5.41, 5.74) is 0.878. The lowest BCUT2D eigenvalue weighted by molar-refractivity contribution is 0.968. The number of thioether (sulfide) groups is 1. The molecule has 2 heterocycles. The van der Waals surface area contributed by atoms with Crippen LogP contribution in [0.3, 0.4) is 0 Å². The average Bonchev–Trinajstić information content (AvgIpc) is 2.30. The molecule has 0 saturated carbocycles. The van der Waals surface area contributed by atoms with Crippen LogP contribution in [0.1, 0.15) is 5.69 Å². The summed E-state index contributed by atoms with van der Waals surface area (Å²) in [7, 11) is 0. The van der Waals surface area contributed by atoms with Gasteiger partial charge in [0.25, 0.3) is 0 Å². The molecule has 0 aliphatic heterocycles. The summed E-state index contributed by atoms with van der Waals surface area (Å²) in [5, 5.41) is 9.03. The second kappa shape index (κ2) is 5.04. The van der Waals surface area contributed by atoms with Crippen molar-refractivity contribution in [2.45, 2.75) is 10.8 Å². The van der Waals surface area contributed by atoms with Crippen molar-refractivity contribution >= 4 is 23.4 Å². The van der Waals surface area contributed by atoms with E-state index in [0.29, 0.717) is 5.15 Å². The lowest BCUT2D eigenvalue weighted by Gasteiger charge is -1.98. The van der Waals surface area contributed by atoms with Gasteiger partial charge in [0.15, 0.2) is 5.15 Å². The Bertz CT molecular complexity index is 420. The lowest BCUT2D eigenvalue weighted by Crippen LogP contribution is -1.90. The van der Waals surface area contributed by atoms with Gasteiger partial charge in [0.05, 0.1) is 10.7 Å². The molecule has 0 aliphatic carbocycles. The van der Waals surface area contributed by atoms with E-state index >= 15 is 0 Å². The zero-order valence-corrected chi connectivity index (χ0v) is 9.24. The highest BCUT2D eigenvalue weighted by Crippen LogP contribution is 2.18. The SMILES string of the molecule is Clc1ccc(CSc2ccncn2)nn1. The van der Waals surface area contributed by atoms with Crippen LogP contribution in [0.2, 0.25) is 5.15 Å². The van der Waals surface area contributed by atoms with E-state index in [-0.39, 0.29) is 0 Å². The van der Waals surface area contributed by atoms with Gasteiger partial charge in [-0.1, -0.05) is 23.4 Å². The van der Waals surface area contributed by atoms with Crippen LogP contribution in [0.15, 0.2) is 35.7 Å². The standard InChI is InChI=1S/C9H7ClN4S/c10-8-2-1-7(13-14-8)5-15-9-3-4-11-6-12-9/h1-4,6H,5H2. The molecule has 0 N–H and O–H groups in total. The van der Waals surface area contributed by atoms with Crippen molar-refractivity contribution < 1.29 is 0 Å². The van der Waals surface area contributed by atoms with Gasteiger partial charge >= 0.3 is 0 Å². The minimum Gasteiger partial charge on any atom is -0.245 e. The third kappa shape index (κ3) is 3.14. The Kier molecular flexibility index (Phi) is 3.47. The van der Waals surface area contributed by atoms with Gasteiger partial charge in [-0.05, 0) is 18.2 Å². The summed E-state index contributed by atoms with van der Waals surface area (Å²) in [6.45, 7) is 0. The van der Waals surface area contributed by atoms with Gasteiger partial charge in [-0.25, -0.2) is 9.97 Å². The Morgan fingerprint density at radius 1 is 1.20 bits per heavy atom. The zero-order valence-electron chi connectivity index (χ0n) is 7.67. The molecule has 0 aromatic carbocycles. The van der Waals surface area contributed by atoms with E-state index in [1.807, 2.05) is 12.1 Å². The van der Waals surface area contributed by atoms with Crippen molar-refractivity contribution in [2.75, 3.05) is 0 Å². The maximum Gasteiger partial charge on any atom is 0.151 e. The summed E-state index contributed by atoms with van der Waals surface area (Å²) in [6.07, 6.45) is 3.23. The molecule has 0 unspecified atom stereocenters. The van der Waals surface area contributed by atoms with Gasteiger partial charge in [-0.2, -0.15) is 5.10 Å². The maximum atomic E-state index is 5.63. The molecule has 0 fully saturated rings. The number of aromatic nitrogens is 4. The largest absolute Gasteiger partial charge is 0.245 e. The van der Waals surface area contributed by atoms with Crippen LogP contribution in [0, 0.1) is 0 Å². The second-order valence-electron chi connectivity index (χ2n) is 2.68. The molecule has 76 valence electrons. The molecule has 0 atom stereocenters. The first-order valence-electron chi connectivity index (χ1n) is 4.21. The van der Waals surface area contributed by atoms with Gasteiger partial charge in [-0.15, -0.1) is 5.10 Å². The van der Waals surface area contributed by atoms with Crippen LogP contribution in [0.4, 0.5) is 0 Å². The van der Waals surface area contributed by atoms with Crippen LogP contribution in [-0.2, 0) is 5.75 Å². The van der Waals surface area contributed by atoms with Crippen LogP contribution >= 0.6 is 23.4 Å². The highest BCUT2D eigenvalue weighted by molar-refractivity contribution is 7.98. The second-order valence-corrected chi connectivity index (χ2v) is 4.07.